The molecule has 7 nitrogen and oxygen atoms in total. The van der Waals surface area contributed by atoms with E-state index in [9.17, 15) is 14.7 Å². The smallest absolute Gasteiger partial charge is 0.311 e. The number of carboxylic acids is 1. The fraction of sp³-hybridized carbons (Fsp3) is 0.579. The van der Waals surface area contributed by atoms with Crippen molar-refractivity contribution in [2.75, 3.05) is 13.1 Å². The first kappa shape index (κ1) is 17.5. The highest BCUT2D eigenvalue weighted by molar-refractivity contribution is 5.85. The molecule has 0 radical (unpaired) electrons. The number of fused-ring (bicyclic) bond motifs is 1. The van der Waals surface area contributed by atoms with Gasteiger partial charge in [-0.1, -0.05) is 30.3 Å². The van der Waals surface area contributed by atoms with Crippen LogP contribution in [0.15, 0.2) is 30.3 Å². The van der Waals surface area contributed by atoms with Crippen LogP contribution in [0.2, 0.25) is 0 Å². The van der Waals surface area contributed by atoms with E-state index in [0.29, 0.717) is 25.4 Å². The molecule has 0 spiro atoms. The van der Waals surface area contributed by atoms with Gasteiger partial charge in [-0.3, -0.25) is 9.59 Å². The molecule has 3 fully saturated rings. The summed E-state index contributed by atoms with van der Waals surface area (Å²) in [4.78, 5) is 26.8. The minimum absolute atomic E-state index is 0.000494. The largest absolute Gasteiger partial charge is 0.481 e. The predicted octanol–water partition coefficient (Wildman–Crippen LogP) is 0.853. The number of hydrogen-bond donors (Lipinski definition) is 4. The molecule has 0 aromatic heterocycles. The number of rotatable bonds is 3. The molecule has 2 unspecified atom stereocenters. The number of nitrogens with one attached hydrogen (secondary N) is 3. The van der Waals surface area contributed by atoms with Crippen LogP contribution in [0.4, 0.5) is 0 Å². The van der Waals surface area contributed by atoms with Gasteiger partial charge >= 0.3 is 5.97 Å². The molecule has 140 valence electrons. The number of hydrogen-bond acceptors (Lipinski definition) is 5. The van der Waals surface area contributed by atoms with Crippen molar-refractivity contribution in [3.8, 4) is 0 Å². The molecule has 1 aromatic carbocycles. The fourth-order valence-corrected chi connectivity index (χ4v) is 4.91. The van der Waals surface area contributed by atoms with Crippen LogP contribution in [0, 0.1) is 11.3 Å². The van der Waals surface area contributed by atoms with E-state index in [1.54, 1.807) is 4.90 Å². The van der Waals surface area contributed by atoms with Crippen molar-refractivity contribution in [1.82, 2.24) is 21.3 Å². The molecule has 7 heteroatoms. The first-order valence-corrected chi connectivity index (χ1v) is 9.34. The minimum Gasteiger partial charge on any atom is -0.481 e. The van der Waals surface area contributed by atoms with Gasteiger partial charge in [0.05, 0.1) is 5.41 Å². The first-order valence-electron chi connectivity index (χ1n) is 9.34. The molecular formula is C19H26N4O3. The Labute approximate surface area is 153 Å². The second-order valence-electron chi connectivity index (χ2n) is 7.94. The SMILES string of the molecule is CC1NNNC1C(=O)N1C[C@@H]2C[C@@H](c3ccccc3)CC[C@]2(C(=O)O)C1. The lowest BCUT2D eigenvalue weighted by Crippen LogP contribution is -2.49. The summed E-state index contributed by atoms with van der Waals surface area (Å²) in [5.74, 6) is -0.412. The molecule has 1 aromatic rings. The molecule has 1 amide bonds. The minimum atomic E-state index is -0.802. The molecule has 5 atom stereocenters. The van der Waals surface area contributed by atoms with Crippen LogP contribution < -0.4 is 16.4 Å². The maximum Gasteiger partial charge on any atom is 0.311 e. The molecule has 0 bridgehead atoms. The molecule has 3 aliphatic rings. The van der Waals surface area contributed by atoms with Crippen molar-refractivity contribution < 1.29 is 14.7 Å². The Hall–Kier alpha value is -1.96. The number of carbonyl (C=O) groups is 2. The van der Waals surface area contributed by atoms with E-state index >= 15 is 0 Å². The van der Waals surface area contributed by atoms with Gasteiger partial charge in [-0.05, 0) is 43.6 Å². The monoisotopic (exact) mass is 358 g/mol. The molecule has 2 saturated heterocycles. The second kappa shape index (κ2) is 6.64. The van der Waals surface area contributed by atoms with Gasteiger partial charge in [0, 0.05) is 19.1 Å². The topological polar surface area (TPSA) is 93.7 Å². The van der Waals surface area contributed by atoms with Crippen LogP contribution in [0.3, 0.4) is 0 Å². The average Bonchev–Trinajstić information content (AvgIpc) is 3.25. The number of aliphatic carboxylic acids is 1. The molecule has 4 rings (SSSR count). The fourth-order valence-electron chi connectivity index (χ4n) is 4.91. The Morgan fingerprint density at radius 2 is 2.00 bits per heavy atom. The number of hydrazine groups is 2. The Morgan fingerprint density at radius 3 is 2.65 bits per heavy atom. The van der Waals surface area contributed by atoms with Crippen LogP contribution >= 0.6 is 0 Å². The molecule has 1 aliphatic carbocycles. The molecule has 1 saturated carbocycles. The van der Waals surface area contributed by atoms with Crippen LogP contribution in [0.5, 0.6) is 0 Å². The number of likely N-dealkylation sites (tertiary alicyclic amines) is 1. The zero-order valence-electron chi connectivity index (χ0n) is 14.9. The van der Waals surface area contributed by atoms with E-state index < -0.39 is 11.4 Å². The Bertz CT molecular complexity index is 697. The third kappa shape index (κ3) is 2.80. The van der Waals surface area contributed by atoms with Gasteiger partial charge in [0.2, 0.25) is 5.91 Å². The van der Waals surface area contributed by atoms with Crippen LogP contribution in [0.1, 0.15) is 37.7 Å². The summed E-state index contributed by atoms with van der Waals surface area (Å²) in [5, 5.41) is 9.99. The zero-order chi connectivity index (χ0) is 18.3. The molecule has 4 N–H and O–H groups in total. The maximum atomic E-state index is 12.9. The van der Waals surface area contributed by atoms with E-state index in [1.165, 1.54) is 5.56 Å². The quantitative estimate of drug-likeness (QED) is 0.640. The summed E-state index contributed by atoms with van der Waals surface area (Å²) in [6, 6.07) is 9.91. The summed E-state index contributed by atoms with van der Waals surface area (Å²) >= 11 is 0. The van der Waals surface area contributed by atoms with Gasteiger partial charge in [-0.15, -0.1) is 0 Å². The lowest BCUT2D eigenvalue weighted by molar-refractivity contribution is -0.153. The van der Waals surface area contributed by atoms with Crippen LogP contribution in [0.25, 0.3) is 0 Å². The third-order valence-corrected chi connectivity index (χ3v) is 6.51. The van der Waals surface area contributed by atoms with Crippen molar-refractivity contribution in [3.05, 3.63) is 35.9 Å². The van der Waals surface area contributed by atoms with Gasteiger partial charge in [-0.25, -0.2) is 10.9 Å². The first-order chi connectivity index (χ1) is 12.5. The lowest BCUT2D eigenvalue weighted by Gasteiger charge is -2.38. The van der Waals surface area contributed by atoms with Crippen LogP contribution in [-0.2, 0) is 9.59 Å². The number of amides is 1. The zero-order valence-corrected chi connectivity index (χ0v) is 14.9. The Morgan fingerprint density at radius 1 is 1.23 bits per heavy atom. The molecule has 2 aliphatic heterocycles. The normalized spacial score (nSPS) is 36.7. The summed E-state index contributed by atoms with van der Waals surface area (Å²) in [7, 11) is 0. The van der Waals surface area contributed by atoms with Crippen LogP contribution in [-0.4, -0.2) is 47.1 Å². The number of carboxylic acid groups (broad SMARTS) is 1. The third-order valence-electron chi connectivity index (χ3n) is 6.51. The predicted molar refractivity (Wildman–Crippen MR) is 95.8 cm³/mol. The van der Waals surface area contributed by atoms with E-state index in [-0.39, 0.29) is 23.9 Å². The Kier molecular flexibility index (Phi) is 4.46. The van der Waals surface area contributed by atoms with Gasteiger partial charge < -0.3 is 10.0 Å². The standard InChI is InChI=1S/C19H26N4O3/c1-12-16(21-22-20-12)17(24)23-10-15-9-14(13-5-3-2-4-6-13)7-8-19(15,11-23)18(25)26/h2-6,12,14-16,20-22H,7-11H2,1H3,(H,25,26)/t12?,14-,15-,16?,19-/m0/s1. The lowest BCUT2D eigenvalue weighted by atomic mass is 9.64. The van der Waals surface area contributed by atoms with Gasteiger partial charge in [-0.2, -0.15) is 5.53 Å². The van der Waals surface area contributed by atoms with Crippen molar-refractivity contribution in [2.24, 2.45) is 11.3 Å². The molecule has 26 heavy (non-hydrogen) atoms. The van der Waals surface area contributed by atoms with Gasteiger partial charge in [0.1, 0.15) is 6.04 Å². The highest BCUT2D eigenvalue weighted by atomic mass is 16.4. The molecular weight excluding hydrogens is 332 g/mol. The van der Waals surface area contributed by atoms with E-state index in [0.717, 1.165) is 12.8 Å². The van der Waals surface area contributed by atoms with Crippen molar-refractivity contribution in [3.63, 3.8) is 0 Å². The average molecular weight is 358 g/mol. The van der Waals surface area contributed by atoms with E-state index in [1.807, 2.05) is 25.1 Å². The summed E-state index contributed by atoms with van der Waals surface area (Å²) in [5.41, 5.74) is 9.17. The highest BCUT2D eigenvalue weighted by Crippen LogP contribution is 2.51. The van der Waals surface area contributed by atoms with E-state index in [2.05, 4.69) is 28.5 Å². The van der Waals surface area contributed by atoms with Gasteiger partial charge in [0.15, 0.2) is 0 Å². The van der Waals surface area contributed by atoms with Gasteiger partial charge in [0.25, 0.3) is 0 Å². The summed E-state index contributed by atoms with van der Waals surface area (Å²) < 4.78 is 0. The highest BCUT2D eigenvalue weighted by Gasteiger charge is 2.56. The van der Waals surface area contributed by atoms with Crippen molar-refractivity contribution in [2.45, 2.75) is 44.2 Å². The molecule has 2 heterocycles. The van der Waals surface area contributed by atoms with E-state index in [4.69, 9.17) is 0 Å². The number of carbonyl (C=O) groups excluding carboxylic acids is 1. The summed E-state index contributed by atoms with van der Waals surface area (Å²) in [6.07, 6.45) is 2.31. The summed E-state index contributed by atoms with van der Waals surface area (Å²) in [6.45, 7) is 2.77. The van der Waals surface area contributed by atoms with Crippen molar-refractivity contribution in [1.29, 1.82) is 0 Å². The Balaban J connectivity index is 1.54. The number of nitrogens with zero attached hydrogens (tertiary/aromatic N) is 1. The van der Waals surface area contributed by atoms with Crippen molar-refractivity contribution >= 4 is 11.9 Å². The number of benzene rings is 1. The maximum absolute atomic E-state index is 12.9. The second-order valence-corrected chi connectivity index (χ2v) is 7.94.